The first kappa shape index (κ1) is 15.9. The lowest BCUT2D eigenvalue weighted by atomic mass is 9.88. The first-order valence-electron chi connectivity index (χ1n) is 8.51. The SMILES string of the molecule is Cc1cc(CNC(=O)C2CCC(=O)CC2)nc(N2CCCC2)n1. The van der Waals surface area contributed by atoms with Crippen molar-refractivity contribution in [2.24, 2.45) is 5.92 Å². The molecule has 0 aromatic carbocycles. The van der Waals surface area contributed by atoms with E-state index in [9.17, 15) is 9.59 Å². The fraction of sp³-hybridized carbons (Fsp3) is 0.647. The number of carbonyl (C=O) groups is 2. The molecule has 1 aliphatic carbocycles. The Bertz CT molecular complexity index is 586. The highest BCUT2D eigenvalue weighted by Gasteiger charge is 2.24. The predicted octanol–water partition coefficient (Wildman–Crippen LogP) is 1.76. The highest BCUT2D eigenvalue weighted by atomic mass is 16.2. The minimum atomic E-state index is -0.0336. The topological polar surface area (TPSA) is 75.2 Å². The maximum Gasteiger partial charge on any atom is 0.225 e. The second-order valence-corrected chi connectivity index (χ2v) is 6.53. The van der Waals surface area contributed by atoms with Crippen molar-refractivity contribution >= 4 is 17.6 Å². The number of Topliss-reactive ketones (excluding diaryl/α,β-unsaturated/α-hetero) is 1. The molecule has 1 saturated heterocycles. The number of aromatic nitrogens is 2. The molecule has 6 heteroatoms. The van der Waals surface area contributed by atoms with Crippen LogP contribution in [-0.4, -0.2) is 34.7 Å². The van der Waals surface area contributed by atoms with Crippen LogP contribution in [0, 0.1) is 12.8 Å². The van der Waals surface area contributed by atoms with E-state index in [1.165, 1.54) is 12.8 Å². The third kappa shape index (κ3) is 4.06. The van der Waals surface area contributed by atoms with Gasteiger partial charge in [-0.25, -0.2) is 9.97 Å². The van der Waals surface area contributed by atoms with E-state index >= 15 is 0 Å². The van der Waals surface area contributed by atoms with E-state index in [1.54, 1.807) is 0 Å². The van der Waals surface area contributed by atoms with Crippen molar-refractivity contribution in [1.29, 1.82) is 0 Å². The normalized spacial score (nSPS) is 19.2. The van der Waals surface area contributed by atoms with Crippen molar-refractivity contribution in [3.63, 3.8) is 0 Å². The largest absolute Gasteiger partial charge is 0.350 e. The van der Waals surface area contributed by atoms with E-state index in [0.29, 0.717) is 32.2 Å². The van der Waals surface area contributed by atoms with E-state index in [4.69, 9.17) is 0 Å². The Morgan fingerprint density at radius 1 is 1.26 bits per heavy atom. The van der Waals surface area contributed by atoms with Gasteiger partial charge >= 0.3 is 0 Å². The number of nitrogens with zero attached hydrogens (tertiary/aromatic N) is 3. The van der Waals surface area contributed by atoms with Crippen LogP contribution >= 0.6 is 0 Å². The van der Waals surface area contributed by atoms with Crippen LogP contribution in [0.3, 0.4) is 0 Å². The first-order valence-corrected chi connectivity index (χ1v) is 8.51. The molecule has 2 aliphatic rings. The van der Waals surface area contributed by atoms with Crippen LogP contribution < -0.4 is 10.2 Å². The summed E-state index contributed by atoms with van der Waals surface area (Å²) in [6, 6.07) is 1.92. The van der Waals surface area contributed by atoms with Gasteiger partial charge in [0.25, 0.3) is 0 Å². The molecule has 1 saturated carbocycles. The lowest BCUT2D eigenvalue weighted by Gasteiger charge is -2.20. The van der Waals surface area contributed by atoms with Crippen molar-refractivity contribution in [1.82, 2.24) is 15.3 Å². The molecule has 1 aromatic heterocycles. The number of hydrogen-bond donors (Lipinski definition) is 1. The Balaban J connectivity index is 1.59. The smallest absolute Gasteiger partial charge is 0.225 e. The Hall–Kier alpha value is -1.98. The Morgan fingerprint density at radius 3 is 2.65 bits per heavy atom. The summed E-state index contributed by atoms with van der Waals surface area (Å²) in [6.07, 6.45) is 4.78. The molecule has 23 heavy (non-hydrogen) atoms. The zero-order valence-electron chi connectivity index (χ0n) is 13.7. The second kappa shape index (κ2) is 7.06. The number of nitrogens with one attached hydrogen (secondary N) is 1. The third-order valence-electron chi connectivity index (χ3n) is 4.64. The average Bonchev–Trinajstić information content (AvgIpc) is 3.07. The molecular weight excluding hydrogens is 292 g/mol. The molecule has 1 aromatic rings. The minimum absolute atomic E-state index is 0.0336. The van der Waals surface area contributed by atoms with Gasteiger partial charge in [0.15, 0.2) is 0 Å². The number of hydrogen-bond acceptors (Lipinski definition) is 5. The Morgan fingerprint density at radius 2 is 1.96 bits per heavy atom. The first-order chi connectivity index (χ1) is 11.1. The summed E-state index contributed by atoms with van der Waals surface area (Å²) in [7, 11) is 0. The van der Waals surface area contributed by atoms with Crippen LogP contribution in [0.15, 0.2) is 6.07 Å². The summed E-state index contributed by atoms with van der Waals surface area (Å²) in [5, 5.41) is 2.97. The van der Waals surface area contributed by atoms with E-state index < -0.39 is 0 Å². The quantitative estimate of drug-likeness (QED) is 0.916. The maximum absolute atomic E-state index is 12.2. The molecule has 0 radical (unpaired) electrons. The fourth-order valence-electron chi connectivity index (χ4n) is 3.29. The van der Waals surface area contributed by atoms with Gasteiger partial charge in [-0.3, -0.25) is 9.59 Å². The average molecular weight is 316 g/mol. The van der Waals surface area contributed by atoms with Crippen LogP contribution in [0.5, 0.6) is 0 Å². The van der Waals surface area contributed by atoms with Crippen molar-refractivity contribution in [3.8, 4) is 0 Å². The van der Waals surface area contributed by atoms with Gasteiger partial charge in [-0.15, -0.1) is 0 Å². The molecule has 2 fully saturated rings. The minimum Gasteiger partial charge on any atom is -0.350 e. The van der Waals surface area contributed by atoms with Crippen molar-refractivity contribution in [3.05, 3.63) is 17.5 Å². The Kier molecular flexibility index (Phi) is 4.88. The highest BCUT2D eigenvalue weighted by molar-refractivity contribution is 5.84. The van der Waals surface area contributed by atoms with Gasteiger partial charge in [-0.1, -0.05) is 0 Å². The molecular formula is C17H24N4O2. The van der Waals surface area contributed by atoms with Crippen molar-refractivity contribution < 1.29 is 9.59 Å². The van der Waals surface area contributed by atoms with Gasteiger partial charge in [0.05, 0.1) is 12.2 Å². The fourth-order valence-corrected chi connectivity index (χ4v) is 3.29. The molecule has 6 nitrogen and oxygen atoms in total. The van der Waals surface area contributed by atoms with Crippen molar-refractivity contribution in [2.75, 3.05) is 18.0 Å². The van der Waals surface area contributed by atoms with Crippen LogP contribution in [0.2, 0.25) is 0 Å². The zero-order chi connectivity index (χ0) is 16.2. The number of amides is 1. The second-order valence-electron chi connectivity index (χ2n) is 6.53. The zero-order valence-corrected chi connectivity index (χ0v) is 13.7. The van der Waals surface area contributed by atoms with E-state index in [-0.39, 0.29) is 17.6 Å². The summed E-state index contributed by atoms with van der Waals surface area (Å²) < 4.78 is 0. The molecule has 1 aliphatic heterocycles. The molecule has 0 atom stereocenters. The van der Waals surface area contributed by atoms with E-state index in [1.807, 2.05) is 13.0 Å². The molecule has 2 heterocycles. The highest BCUT2D eigenvalue weighted by Crippen LogP contribution is 2.22. The number of ketones is 1. The molecule has 1 N–H and O–H groups in total. The van der Waals surface area contributed by atoms with Gasteiger partial charge in [0, 0.05) is 37.5 Å². The summed E-state index contributed by atoms with van der Waals surface area (Å²) in [4.78, 5) is 34.8. The van der Waals surface area contributed by atoms with Crippen LogP contribution in [0.4, 0.5) is 5.95 Å². The van der Waals surface area contributed by atoms with E-state index in [2.05, 4.69) is 20.2 Å². The lowest BCUT2D eigenvalue weighted by molar-refractivity contribution is -0.128. The summed E-state index contributed by atoms with van der Waals surface area (Å²) in [6.45, 7) is 4.39. The van der Waals surface area contributed by atoms with Gasteiger partial charge in [0.2, 0.25) is 11.9 Å². The maximum atomic E-state index is 12.2. The number of carbonyl (C=O) groups excluding carboxylic acids is 2. The summed E-state index contributed by atoms with van der Waals surface area (Å²) in [5.74, 6) is 1.05. The van der Waals surface area contributed by atoms with Gasteiger partial charge in [-0.05, 0) is 38.7 Å². The molecule has 1 amide bonds. The number of rotatable bonds is 4. The third-order valence-corrected chi connectivity index (χ3v) is 4.64. The van der Waals surface area contributed by atoms with Gasteiger partial charge < -0.3 is 10.2 Å². The molecule has 124 valence electrons. The van der Waals surface area contributed by atoms with Gasteiger partial charge in [-0.2, -0.15) is 0 Å². The van der Waals surface area contributed by atoms with Crippen LogP contribution in [0.1, 0.15) is 49.9 Å². The number of aryl methyl sites for hydroxylation is 1. The van der Waals surface area contributed by atoms with Crippen LogP contribution in [0.25, 0.3) is 0 Å². The van der Waals surface area contributed by atoms with E-state index in [0.717, 1.165) is 30.4 Å². The van der Waals surface area contributed by atoms with Crippen molar-refractivity contribution in [2.45, 2.75) is 52.0 Å². The van der Waals surface area contributed by atoms with Crippen LogP contribution in [-0.2, 0) is 16.1 Å². The number of anilines is 1. The summed E-state index contributed by atoms with van der Waals surface area (Å²) >= 11 is 0. The lowest BCUT2D eigenvalue weighted by Crippen LogP contribution is -2.33. The monoisotopic (exact) mass is 316 g/mol. The predicted molar refractivity (Wildman–Crippen MR) is 87.0 cm³/mol. The molecule has 0 bridgehead atoms. The standard InChI is InChI=1S/C17H24N4O2/c1-12-10-14(20-17(19-12)21-8-2-3-9-21)11-18-16(23)13-4-6-15(22)7-5-13/h10,13H,2-9,11H2,1H3,(H,18,23). The van der Waals surface area contributed by atoms with Gasteiger partial charge in [0.1, 0.15) is 5.78 Å². The molecule has 3 rings (SSSR count). The summed E-state index contributed by atoms with van der Waals surface area (Å²) in [5.41, 5.74) is 1.77. The Labute approximate surface area is 136 Å². The molecule has 0 spiro atoms. The molecule has 0 unspecified atom stereocenters.